The minimum absolute atomic E-state index is 0.00539. The predicted molar refractivity (Wildman–Crippen MR) is 96.7 cm³/mol. The van der Waals surface area contributed by atoms with Gasteiger partial charge in [0.1, 0.15) is 5.82 Å². The van der Waals surface area contributed by atoms with Gasteiger partial charge in [-0.2, -0.15) is 0 Å². The summed E-state index contributed by atoms with van der Waals surface area (Å²) in [5.41, 5.74) is 0.512. The first-order valence-corrected chi connectivity index (χ1v) is 8.21. The van der Waals surface area contributed by atoms with E-state index in [4.69, 9.17) is 23.2 Å². The Morgan fingerprint density at radius 1 is 1.00 bits per heavy atom. The van der Waals surface area contributed by atoms with E-state index in [2.05, 4.69) is 10.6 Å². The number of halogens is 3. The van der Waals surface area contributed by atoms with Crippen molar-refractivity contribution in [3.05, 3.63) is 58.3 Å². The lowest BCUT2D eigenvalue weighted by molar-refractivity contribution is -0.862. The number of carbonyl (C=O) groups is 2. The number of hydrogen-bond acceptors (Lipinski definition) is 2. The van der Waals surface area contributed by atoms with Crippen molar-refractivity contribution in [1.82, 2.24) is 0 Å². The molecule has 0 radical (unpaired) electrons. The first-order chi connectivity index (χ1) is 11.8. The molecule has 2 rings (SSSR count). The lowest BCUT2D eigenvalue weighted by Gasteiger charge is -2.14. The zero-order valence-corrected chi connectivity index (χ0v) is 14.9. The van der Waals surface area contributed by atoms with Crippen LogP contribution in [-0.2, 0) is 9.59 Å². The monoisotopic (exact) mass is 384 g/mol. The van der Waals surface area contributed by atoms with Gasteiger partial charge in [0.25, 0.3) is 11.8 Å². The third-order valence-corrected chi connectivity index (χ3v) is 3.84. The number of amides is 2. The SMILES string of the molecule is C[NH+](CC(=O)Nc1cc(Cl)ccc1F)CC(=O)Nc1ccccc1Cl. The molecule has 0 aromatic heterocycles. The second-order valence-electron chi connectivity index (χ2n) is 5.51. The zero-order valence-electron chi connectivity index (χ0n) is 13.4. The fourth-order valence-electron chi connectivity index (χ4n) is 2.16. The van der Waals surface area contributed by atoms with Crippen molar-refractivity contribution in [2.75, 3.05) is 30.8 Å². The van der Waals surface area contributed by atoms with Crippen molar-refractivity contribution < 1.29 is 18.9 Å². The van der Waals surface area contributed by atoms with Gasteiger partial charge in [0.15, 0.2) is 13.1 Å². The number of rotatable bonds is 6. The molecule has 2 aromatic carbocycles. The van der Waals surface area contributed by atoms with Gasteiger partial charge in [0.2, 0.25) is 0 Å². The van der Waals surface area contributed by atoms with Gasteiger partial charge in [-0.3, -0.25) is 9.59 Å². The molecule has 3 N–H and O–H groups in total. The van der Waals surface area contributed by atoms with E-state index in [1.54, 1.807) is 31.3 Å². The number of likely N-dealkylation sites (N-methyl/N-ethyl adjacent to an activating group) is 1. The average Bonchev–Trinajstić information content (AvgIpc) is 2.52. The quantitative estimate of drug-likeness (QED) is 0.714. The molecule has 0 aliphatic rings. The summed E-state index contributed by atoms with van der Waals surface area (Å²) in [6.45, 7) is 0.0402. The van der Waals surface area contributed by atoms with Crippen LogP contribution in [0.3, 0.4) is 0 Å². The molecule has 132 valence electrons. The van der Waals surface area contributed by atoms with E-state index in [9.17, 15) is 14.0 Å². The summed E-state index contributed by atoms with van der Waals surface area (Å²) in [7, 11) is 1.68. The Kier molecular flexibility index (Phi) is 6.75. The first-order valence-electron chi connectivity index (χ1n) is 7.45. The summed E-state index contributed by atoms with van der Waals surface area (Å²) in [6.07, 6.45) is 0. The number of quaternary nitrogens is 1. The fraction of sp³-hybridized carbons (Fsp3) is 0.176. The molecule has 0 aliphatic heterocycles. The molecule has 2 amide bonds. The van der Waals surface area contributed by atoms with Crippen molar-refractivity contribution in [2.45, 2.75) is 0 Å². The van der Waals surface area contributed by atoms with Gasteiger partial charge >= 0.3 is 0 Å². The van der Waals surface area contributed by atoms with E-state index >= 15 is 0 Å². The zero-order chi connectivity index (χ0) is 18.4. The Labute approximate surface area is 154 Å². The number of benzene rings is 2. The van der Waals surface area contributed by atoms with Gasteiger partial charge in [0, 0.05) is 5.02 Å². The van der Waals surface area contributed by atoms with Crippen LogP contribution in [0.2, 0.25) is 10.0 Å². The highest BCUT2D eigenvalue weighted by Gasteiger charge is 2.16. The maximum Gasteiger partial charge on any atom is 0.279 e. The van der Waals surface area contributed by atoms with Gasteiger partial charge in [-0.05, 0) is 30.3 Å². The minimum Gasteiger partial charge on any atom is -0.322 e. The second-order valence-corrected chi connectivity index (χ2v) is 6.35. The van der Waals surface area contributed by atoms with Gasteiger partial charge in [-0.15, -0.1) is 0 Å². The molecule has 1 unspecified atom stereocenters. The van der Waals surface area contributed by atoms with Crippen LogP contribution in [0, 0.1) is 5.82 Å². The third-order valence-electron chi connectivity index (χ3n) is 3.28. The number of hydrogen-bond donors (Lipinski definition) is 3. The molecule has 5 nitrogen and oxygen atoms in total. The van der Waals surface area contributed by atoms with Gasteiger partial charge in [-0.1, -0.05) is 35.3 Å². The van der Waals surface area contributed by atoms with Crippen molar-refractivity contribution in [2.24, 2.45) is 0 Å². The predicted octanol–water partition coefficient (Wildman–Crippen LogP) is 2.22. The molecular weight excluding hydrogens is 368 g/mol. The van der Waals surface area contributed by atoms with E-state index in [0.29, 0.717) is 20.6 Å². The summed E-state index contributed by atoms with van der Waals surface area (Å²) < 4.78 is 13.6. The highest BCUT2D eigenvalue weighted by atomic mass is 35.5. The Morgan fingerprint density at radius 2 is 1.60 bits per heavy atom. The van der Waals surface area contributed by atoms with Crippen LogP contribution in [0.15, 0.2) is 42.5 Å². The Hall–Kier alpha value is -2.15. The van der Waals surface area contributed by atoms with Crippen molar-refractivity contribution in [3.8, 4) is 0 Å². The Balaban J connectivity index is 1.85. The van der Waals surface area contributed by atoms with Gasteiger partial charge < -0.3 is 15.5 Å². The maximum atomic E-state index is 13.6. The van der Waals surface area contributed by atoms with Crippen LogP contribution in [0.5, 0.6) is 0 Å². The van der Waals surface area contributed by atoms with Gasteiger partial charge in [-0.25, -0.2) is 4.39 Å². The Bertz CT molecular complexity index is 786. The Morgan fingerprint density at radius 3 is 2.24 bits per heavy atom. The normalized spacial score (nSPS) is 11.7. The molecule has 0 saturated heterocycles. The second kappa shape index (κ2) is 8.80. The van der Waals surface area contributed by atoms with Crippen molar-refractivity contribution in [1.29, 1.82) is 0 Å². The lowest BCUT2D eigenvalue weighted by Crippen LogP contribution is -3.11. The standard InChI is InChI=1S/C17H16Cl2FN3O2/c1-23(9-16(24)21-14-5-3-2-4-12(14)19)10-17(25)22-15-8-11(18)6-7-13(15)20/h2-8H,9-10H2,1H3,(H,21,24)(H,22,25)/p+1. The molecule has 0 bridgehead atoms. The molecule has 25 heavy (non-hydrogen) atoms. The molecule has 0 heterocycles. The number of anilines is 2. The molecule has 0 aliphatic carbocycles. The van der Waals surface area contributed by atoms with Crippen LogP contribution in [0.4, 0.5) is 15.8 Å². The minimum atomic E-state index is -0.577. The molecule has 0 saturated carbocycles. The third kappa shape index (κ3) is 6.01. The van der Waals surface area contributed by atoms with E-state index in [1.807, 2.05) is 0 Å². The lowest BCUT2D eigenvalue weighted by atomic mass is 10.3. The van der Waals surface area contributed by atoms with Crippen molar-refractivity contribution >= 4 is 46.4 Å². The number of para-hydroxylation sites is 1. The van der Waals surface area contributed by atoms with Crippen LogP contribution in [-0.4, -0.2) is 32.0 Å². The van der Waals surface area contributed by atoms with E-state index < -0.39 is 11.7 Å². The largest absolute Gasteiger partial charge is 0.322 e. The summed E-state index contributed by atoms with van der Waals surface area (Å²) in [5.74, 6) is -1.29. The van der Waals surface area contributed by atoms with E-state index in [-0.39, 0.29) is 24.7 Å². The summed E-state index contributed by atoms with van der Waals surface area (Å²) in [5, 5.41) is 5.87. The van der Waals surface area contributed by atoms with E-state index in [1.165, 1.54) is 18.2 Å². The maximum absolute atomic E-state index is 13.6. The van der Waals surface area contributed by atoms with E-state index in [0.717, 1.165) is 0 Å². The fourth-order valence-corrected chi connectivity index (χ4v) is 2.51. The molecule has 2 aromatic rings. The summed E-state index contributed by atoms with van der Waals surface area (Å²) >= 11 is 11.8. The average molecular weight is 385 g/mol. The van der Waals surface area contributed by atoms with Crippen LogP contribution >= 0.6 is 23.2 Å². The summed E-state index contributed by atoms with van der Waals surface area (Å²) in [6, 6.07) is 10.8. The first kappa shape index (κ1) is 19.2. The number of carbonyl (C=O) groups excluding carboxylic acids is 2. The molecule has 8 heteroatoms. The summed E-state index contributed by atoms with van der Waals surface area (Å²) in [4.78, 5) is 24.6. The van der Waals surface area contributed by atoms with Crippen LogP contribution in [0.25, 0.3) is 0 Å². The van der Waals surface area contributed by atoms with Gasteiger partial charge in [0.05, 0.1) is 23.4 Å². The molecule has 0 fully saturated rings. The van der Waals surface area contributed by atoms with Crippen molar-refractivity contribution in [3.63, 3.8) is 0 Å². The molecule has 1 atom stereocenters. The number of nitrogens with one attached hydrogen (secondary N) is 3. The van der Waals surface area contributed by atoms with Crippen LogP contribution < -0.4 is 15.5 Å². The highest BCUT2D eigenvalue weighted by Crippen LogP contribution is 2.20. The van der Waals surface area contributed by atoms with Crippen LogP contribution in [0.1, 0.15) is 0 Å². The molecular formula is C17H17Cl2FN3O2+. The molecule has 0 spiro atoms. The topological polar surface area (TPSA) is 62.6 Å². The smallest absolute Gasteiger partial charge is 0.279 e. The highest BCUT2D eigenvalue weighted by molar-refractivity contribution is 6.33.